The highest BCUT2D eigenvalue weighted by molar-refractivity contribution is 5.98. The molecule has 1 aliphatic heterocycles. The smallest absolute Gasteiger partial charge is 0.252 e. The molecule has 7 nitrogen and oxygen atoms in total. The van der Waals surface area contributed by atoms with Gasteiger partial charge in [0.2, 0.25) is 17.6 Å². The van der Waals surface area contributed by atoms with Gasteiger partial charge in [0.25, 0.3) is 5.91 Å². The highest BCUT2D eigenvalue weighted by atomic mass is 19.1. The van der Waals surface area contributed by atoms with Crippen LogP contribution in [0.2, 0.25) is 0 Å². The van der Waals surface area contributed by atoms with E-state index in [1.54, 1.807) is 23.1 Å². The summed E-state index contributed by atoms with van der Waals surface area (Å²) in [6.45, 7) is 6.74. The fraction of sp³-hybridized carbons (Fsp3) is 0.385. The van der Waals surface area contributed by atoms with Crippen molar-refractivity contribution in [2.45, 2.75) is 45.6 Å². The number of rotatable bonds is 6. The van der Waals surface area contributed by atoms with Crippen molar-refractivity contribution in [1.82, 2.24) is 20.4 Å². The number of piperidine rings is 1. The summed E-state index contributed by atoms with van der Waals surface area (Å²) >= 11 is 0. The standard InChI is InChI=1S/C26H29FN4O3/c1-16(2)22(28-24(32)21-12-5-4-8-17(21)3)26(33)31-13-7-10-19(15-31)25-29-23(30-34-25)18-9-6-11-20(27)14-18/h4-6,8-9,11-12,14,16,19,22H,7,10,13,15H2,1-3H3,(H,28,32). The van der Waals surface area contributed by atoms with Crippen LogP contribution in [0.3, 0.4) is 0 Å². The number of likely N-dealkylation sites (tertiary alicyclic amines) is 1. The Bertz CT molecular complexity index is 1180. The van der Waals surface area contributed by atoms with Gasteiger partial charge in [-0.15, -0.1) is 0 Å². The van der Waals surface area contributed by atoms with E-state index in [4.69, 9.17) is 4.52 Å². The van der Waals surface area contributed by atoms with Crippen molar-refractivity contribution in [2.75, 3.05) is 13.1 Å². The van der Waals surface area contributed by atoms with Crippen LogP contribution >= 0.6 is 0 Å². The molecule has 2 amide bonds. The van der Waals surface area contributed by atoms with Crippen LogP contribution in [0.1, 0.15) is 54.4 Å². The number of aryl methyl sites for hydroxylation is 1. The minimum atomic E-state index is -0.642. The Hall–Kier alpha value is -3.55. The first-order valence-electron chi connectivity index (χ1n) is 11.6. The first kappa shape index (κ1) is 23.6. The first-order valence-corrected chi connectivity index (χ1v) is 11.6. The van der Waals surface area contributed by atoms with E-state index in [-0.39, 0.29) is 29.5 Å². The summed E-state index contributed by atoms with van der Waals surface area (Å²) in [5.74, 6) is -0.186. The number of nitrogens with one attached hydrogen (secondary N) is 1. The minimum absolute atomic E-state index is 0.0798. The van der Waals surface area contributed by atoms with Gasteiger partial charge < -0.3 is 14.7 Å². The van der Waals surface area contributed by atoms with Crippen LogP contribution in [0.5, 0.6) is 0 Å². The second kappa shape index (κ2) is 10.2. The number of hydrogen-bond acceptors (Lipinski definition) is 5. The van der Waals surface area contributed by atoms with Gasteiger partial charge in [-0.1, -0.05) is 49.3 Å². The number of carbonyl (C=O) groups is 2. The molecule has 1 aromatic heterocycles. The predicted molar refractivity (Wildman–Crippen MR) is 126 cm³/mol. The molecule has 4 rings (SSSR count). The molecule has 8 heteroatoms. The zero-order valence-electron chi connectivity index (χ0n) is 19.6. The maximum absolute atomic E-state index is 13.6. The summed E-state index contributed by atoms with van der Waals surface area (Å²) in [4.78, 5) is 32.5. The Balaban J connectivity index is 1.46. The highest BCUT2D eigenvalue weighted by Gasteiger charge is 2.34. The second-order valence-corrected chi connectivity index (χ2v) is 9.10. The van der Waals surface area contributed by atoms with Crippen molar-refractivity contribution in [1.29, 1.82) is 0 Å². The van der Waals surface area contributed by atoms with Crippen LogP contribution in [0.15, 0.2) is 53.1 Å². The topological polar surface area (TPSA) is 88.3 Å². The molecule has 0 spiro atoms. The molecule has 3 aromatic rings. The SMILES string of the molecule is Cc1ccccc1C(=O)NC(C(=O)N1CCCC(c2nc(-c3cccc(F)c3)no2)C1)C(C)C. The van der Waals surface area contributed by atoms with E-state index < -0.39 is 6.04 Å². The molecule has 0 saturated carbocycles. The van der Waals surface area contributed by atoms with Crippen molar-refractivity contribution in [3.05, 3.63) is 71.4 Å². The van der Waals surface area contributed by atoms with Gasteiger partial charge in [-0.2, -0.15) is 4.98 Å². The van der Waals surface area contributed by atoms with E-state index in [0.29, 0.717) is 35.9 Å². The summed E-state index contributed by atoms with van der Waals surface area (Å²) in [6, 6.07) is 12.7. The Kier molecular flexibility index (Phi) is 7.05. The maximum Gasteiger partial charge on any atom is 0.252 e. The lowest BCUT2D eigenvalue weighted by molar-refractivity contribution is -0.135. The number of nitrogens with zero attached hydrogens (tertiary/aromatic N) is 3. The molecule has 1 N–H and O–H groups in total. The molecule has 0 aliphatic carbocycles. The van der Waals surface area contributed by atoms with Gasteiger partial charge in [-0.05, 0) is 49.4 Å². The fourth-order valence-corrected chi connectivity index (χ4v) is 4.28. The average molecular weight is 465 g/mol. The monoisotopic (exact) mass is 464 g/mol. The molecule has 0 bridgehead atoms. The van der Waals surface area contributed by atoms with Gasteiger partial charge in [-0.25, -0.2) is 4.39 Å². The molecule has 0 radical (unpaired) electrons. The number of amides is 2. The van der Waals surface area contributed by atoms with Crippen molar-refractivity contribution in [3.63, 3.8) is 0 Å². The molecule has 2 heterocycles. The summed E-state index contributed by atoms with van der Waals surface area (Å²) in [7, 11) is 0. The van der Waals surface area contributed by atoms with E-state index in [9.17, 15) is 14.0 Å². The number of benzene rings is 2. The van der Waals surface area contributed by atoms with Crippen LogP contribution in [0.25, 0.3) is 11.4 Å². The van der Waals surface area contributed by atoms with Crippen molar-refractivity contribution in [2.24, 2.45) is 5.92 Å². The second-order valence-electron chi connectivity index (χ2n) is 9.10. The number of carbonyl (C=O) groups excluding carboxylic acids is 2. The molecule has 2 unspecified atom stereocenters. The van der Waals surface area contributed by atoms with Gasteiger partial charge in [0, 0.05) is 24.2 Å². The first-order chi connectivity index (χ1) is 16.3. The predicted octanol–water partition coefficient (Wildman–Crippen LogP) is 4.34. The van der Waals surface area contributed by atoms with Gasteiger partial charge in [0.05, 0.1) is 5.92 Å². The van der Waals surface area contributed by atoms with Gasteiger partial charge >= 0.3 is 0 Å². The van der Waals surface area contributed by atoms with Gasteiger partial charge in [0.15, 0.2) is 0 Å². The van der Waals surface area contributed by atoms with Gasteiger partial charge in [-0.3, -0.25) is 9.59 Å². The third kappa shape index (κ3) is 5.16. The molecule has 2 atom stereocenters. The third-order valence-corrected chi connectivity index (χ3v) is 6.22. The van der Waals surface area contributed by atoms with Crippen LogP contribution in [0, 0.1) is 18.7 Å². The van der Waals surface area contributed by atoms with Gasteiger partial charge in [0.1, 0.15) is 11.9 Å². The summed E-state index contributed by atoms with van der Waals surface area (Å²) < 4.78 is 19.0. The molecule has 34 heavy (non-hydrogen) atoms. The van der Waals surface area contributed by atoms with E-state index >= 15 is 0 Å². The normalized spacial score (nSPS) is 17.0. The van der Waals surface area contributed by atoms with E-state index in [2.05, 4.69) is 15.5 Å². The summed E-state index contributed by atoms with van der Waals surface area (Å²) in [6.07, 6.45) is 1.58. The number of hydrogen-bond donors (Lipinski definition) is 1. The summed E-state index contributed by atoms with van der Waals surface area (Å²) in [5.41, 5.74) is 1.96. The highest BCUT2D eigenvalue weighted by Crippen LogP contribution is 2.28. The fourth-order valence-electron chi connectivity index (χ4n) is 4.28. The molecule has 178 valence electrons. The zero-order chi connectivity index (χ0) is 24.2. The van der Waals surface area contributed by atoms with Crippen molar-refractivity contribution < 1.29 is 18.5 Å². The van der Waals surface area contributed by atoms with Crippen LogP contribution < -0.4 is 5.32 Å². The van der Waals surface area contributed by atoms with E-state index in [0.717, 1.165) is 18.4 Å². The van der Waals surface area contributed by atoms with Crippen LogP contribution in [0.4, 0.5) is 4.39 Å². The van der Waals surface area contributed by atoms with E-state index in [1.165, 1.54) is 12.1 Å². The Morgan fingerprint density at radius 1 is 1.18 bits per heavy atom. The quantitative estimate of drug-likeness (QED) is 0.586. The average Bonchev–Trinajstić information content (AvgIpc) is 3.33. The zero-order valence-corrected chi connectivity index (χ0v) is 19.6. The van der Waals surface area contributed by atoms with Crippen LogP contribution in [-0.2, 0) is 4.79 Å². The van der Waals surface area contributed by atoms with Crippen LogP contribution in [-0.4, -0.2) is 46.0 Å². The van der Waals surface area contributed by atoms with Crippen molar-refractivity contribution >= 4 is 11.8 Å². The van der Waals surface area contributed by atoms with Crippen molar-refractivity contribution in [3.8, 4) is 11.4 Å². The molecule has 1 fully saturated rings. The molecular weight excluding hydrogens is 435 g/mol. The molecule has 2 aromatic carbocycles. The lowest BCUT2D eigenvalue weighted by atomic mass is 9.95. The number of halogens is 1. The van der Waals surface area contributed by atoms with E-state index in [1.807, 2.05) is 39.0 Å². The maximum atomic E-state index is 13.6. The largest absolute Gasteiger partial charge is 0.340 e. The lowest BCUT2D eigenvalue weighted by Gasteiger charge is -2.35. The molecule has 1 saturated heterocycles. The summed E-state index contributed by atoms with van der Waals surface area (Å²) in [5, 5.41) is 6.94. The lowest BCUT2D eigenvalue weighted by Crippen LogP contribution is -2.53. The molecule has 1 aliphatic rings. The third-order valence-electron chi connectivity index (χ3n) is 6.22. The Labute approximate surface area is 198 Å². The number of aromatic nitrogens is 2. The Morgan fingerprint density at radius 3 is 2.71 bits per heavy atom. The Morgan fingerprint density at radius 2 is 1.97 bits per heavy atom. The molecular formula is C26H29FN4O3. The minimum Gasteiger partial charge on any atom is -0.340 e.